The van der Waals surface area contributed by atoms with Gasteiger partial charge in [-0.3, -0.25) is 0 Å². The average molecular weight is 382 g/mol. The molecule has 0 atom stereocenters. The Balaban J connectivity index is 2.93. The number of hydrogen-bond donors (Lipinski definition) is 0. The van der Waals surface area contributed by atoms with E-state index in [2.05, 4.69) is 43.6 Å². The zero-order valence-corrected chi connectivity index (χ0v) is 15.8. The summed E-state index contributed by atoms with van der Waals surface area (Å²) in [7, 11) is -3.37. The van der Waals surface area contributed by atoms with Crippen molar-refractivity contribution in [3.05, 3.63) is 15.9 Å². The maximum Gasteiger partial charge on any atom is 0.253 e. The second-order valence-corrected chi connectivity index (χ2v) is 9.73. The van der Waals surface area contributed by atoms with Crippen LogP contribution in [0.4, 0.5) is 0 Å². The molecule has 1 rings (SSSR count). The Hall–Kier alpha value is 0.0900. The summed E-state index contributed by atoms with van der Waals surface area (Å²) in [5, 5.41) is 1.81. The summed E-state index contributed by atoms with van der Waals surface area (Å²) < 4.78 is 28.2. The summed E-state index contributed by atoms with van der Waals surface area (Å²) in [4.78, 5) is 0. The third-order valence-electron chi connectivity index (χ3n) is 3.07. The molecule has 116 valence electrons. The van der Waals surface area contributed by atoms with Gasteiger partial charge in [0.1, 0.15) is 4.21 Å². The lowest BCUT2D eigenvalue weighted by Crippen LogP contribution is -2.34. The highest BCUT2D eigenvalue weighted by Crippen LogP contribution is 2.30. The van der Waals surface area contributed by atoms with Crippen molar-refractivity contribution in [3.8, 4) is 0 Å². The van der Waals surface area contributed by atoms with E-state index in [4.69, 9.17) is 0 Å². The molecule has 0 amide bonds. The van der Waals surface area contributed by atoms with Gasteiger partial charge in [0.2, 0.25) is 0 Å². The molecule has 0 fully saturated rings. The number of halogens is 1. The van der Waals surface area contributed by atoms with Crippen LogP contribution >= 0.6 is 27.3 Å². The van der Waals surface area contributed by atoms with Crippen LogP contribution in [0.25, 0.3) is 0 Å². The highest BCUT2D eigenvalue weighted by Gasteiger charge is 2.27. The summed E-state index contributed by atoms with van der Waals surface area (Å²) in [5.41, 5.74) is 0. The fourth-order valence-electron chi connectivity index (χ4n) is 1.74. The van der Waals surface area contributed by atoms with E-state index in [-0.39, 0.29) is 0 Å². The first kappa shape index (κ1) is 18.1. The number of rotatable bonds is 8. The predicted molar refractivity (Wildman–Crippen MR) is 89.7 cm³/mol. The van der Waals surface area contributed by atoms with Crippen molar-refractivity contribution in [3.63, 3.8) is 0 Å². The van der Waals surface area contributed by atoms with E-state index in [1.807, 2.05) is 0 Å². The molecule has 0 saturated carbocycles. The van der Waals surface area contributed by atoms with Crippen molar-refractivity contribution in [2.24, 2.45) is 11.8 Å². The molecule has 1 heterocycles. The first-order chi connectivity index (χ1) is 9.25. The van der Waals surface area contributed by atoms with Gasteiger partial charge in [0.25, 0.3) is 10.0 Å². The van der Waals surface area contributed by atoms with Crippen LogP contribution in [0.15, 0.2) is 20.1 Å². The van der Waals surface area contributed by atoms with Crippen molar-refractivity contribution < 1.29 is 8.42 Å². The number of thiophene rings is 1. The molecule has 20 heavy (non-hydrogen) atoms. The second kappa shape index (κ2) is 7.92. The highest BCUT2D eigenvalue weighted by atomic mass is 79.9. The molecule has 0 bridgehead atoms. The Morgan fingerprint density at radius 3 is 2.00 bits per heavy atom. The normalized spacial score (nSPS) is 12.8. The minimum absolute atomic E-state index is 0.421. The van der Waals surface area contributed by atoms with Gasteiger partial charge in [-0.15, -0.1) is 11.3 Å². The van der Waals surface area contributed by atoms with Gasteiger partial charge in [0.05, 0.1) is 0 Å². The average Bonchev–Trinajstić information content (AvgIpc) is 2.74. The number of nitrogens with zero attached hydrogens (tertiary/aromatic N) is 1. The molecule has 1 aromatic heterocycles. The molecule has 0 aliphatic heterocycles. The molecule has 0 radical (unpaired) electrons. The lowest BCUT2D eigenvalue weighted by Gasteiger charge is -2.23. The van der Waals surface area contributed by atoms with Gasteiger partial charge in [-0.05, 0) is 52.1 Å². The Morgan fingerprint density at radius 1 is 1.15 bits per heavy atom. The molecule has 0 unspecified atom stereocenters. The van der Waals surface area contributed by atoms with Gasteiger partial charge < -0.3 is 0 Å². The monoisotopic (exact) mass is 381 g/mol. The van der Waals surface area contributed by atoms with Crippen LogP contribution in [0, 0.1) is 11.8 Å². The maximum absolute atomic E-state index is 12.7. The van der Waals surface area contributed by atoms with Crippen LogP contribution in [-0.4, -0.2) is 25.8 Å². The molecule has 3 nitrogen and oxygen atoms in total. The summed E-state index contributed by atoms with van der Waals surface area (Å²) in [6, 6.07) is 1.79. The van der Waals surface area contributed by atoms with Crippen molar-refractivity contribution in [2.75, 3.05) is 13.1 Å². The zero-order valence-electron chi connectivity index (χ0n) is 12.6. The molecule has 1 aromatic rings. The smallest absolute Gasteiger partial charge is 0.206 e. The quantitative estimate of drug-likeness (QED) is 0.659. The van der Waals surface area contributed by atoms with E-state index < -0.39 is 10.0 Å². The van der Waals surface area contributed by atoms with E-state index in [1.54, 1.807) is 15.8 Å². The minimum Gasteiger partial charge on any atom is -0.206 e. The van der Waals surface area contributed by atoms with Crippen LogP contribution in [0.3, 0.4) is 0 Å². The molecule has 0 saturated heterocycles. The van der Waals surface area contributed by atoms with Gasteiger partial charge in [-0.1, -0.05) is 27.7 Å². The van der Waals surface area contributed by atoms with Crippen LogP contribution < -0.4 is 0 Å². The fraction of sp³-hybridized carbons (Fsp3) is 0.714. The standard InChI is InChI=1S/C14H24BrNO2S2/c1-11(2)5-8-16(9-6-12(3)4)20(17,18)14-13(15)7-10-19-14/h7,10-12H,5-6,8-9H2,1-4H3. The number of hydrogen-bond acceptors (Lipinski definition) is 3. The largest absolute Gasteiger partial charge is 0.253 e. The molecule has 0 N–H and O–H groups in total. The Kier molecular flexibility index (Phi) is 7.18. The molecular formula is C14H24BrNO2S2. The third-order valence-corrected chi connectivity index (χ3v) is 7.62. The SMILES string of the molecule is CC(C)CCN(CCC(C)C)S(=O)(=O)c1sccc1Br. The van der Waals surface area contributed by atoms with Gasteiger partial charge in [-0.25, -0.2) is 8.42 Å². The minimum atomic E-state index is -3.37. The van der Waals surface area contributed by atoms with Crippen molar-refractivity contribution in [2.45, 2.75) is 44.7 Å². The lowest BCUT2D eigenvalue weighted by atomic mass is 10.1. The van der Waals surface area contributed by atoms with Gasteiger partial charge in [-0.2, -0.15) is 4.31 Å². The molecule has 0 spiro atoms. The summed E-state index contributed by atoms with van der Waals surface area (Å²) >= 11 is 4.61. The van der Waals surface area contributed by atoms with Crippen molar-refractivity contribution in [1.82, 2.24) is 4.31 Å². The van der Waals surface area contributed by atoms with Crippen molar-refractivity contribution >= 4 is 37.3 Å². The van der Waals surface area contributed by atoms with E-state index in [1.165, 1.54) is 11.3 Å². The summed E-state index contributed by atoms with van der Waals surface area (Å²) in [6.07, 6.45) is 1.78. The van der Waals surface area contributed by atoms with E-state index in [9.17, 15) is 8.42 Å². The molecular weight excluding hydrogens is 358 g/mol. The van der Waals surface area contributed by atoms with E-state index in [0.29, 0.717) is 33.6 Å². The Labute approximate surface area is 135 Å². The van der Waals surface area contributed by atoms with E-state index in [0.717, 1.165) is 12.8 Å². The van der Waals surface area contributed by atoms with Crippen molar-refractivity contribution in [1.29, 1.82) is 0 Å². The van der Waals surface area contributed by atoms with Crippen LogP contribution in [0.5, 0.6) is 0 Å². The summed E-state index contributed by atoms with van der Waals surface area (Å²) in [5.74, 6) is 0.997. The Morgan fingerprint density at radius 2 is 1.65 bits per heavy atom. The highest BCUT2D eigenvalue weighted by molar-refractivity contribution is 9.10. The Bertz CT molecular complexity index is 497. The zero-order chi connectivity index (χ0) is 15.3. The molecule has 6 heteroatoms. The topological polar surface area (TPSA) is 37.4 Å². The predicted octanol–water partition coefficient (Wildman–Crippen LogP) is 4.59. The fourth-order valence-corrected chi connectivity index (χ4v) is 5.66. The third kappa shape index (κ3) is 5.13. The van der Waals surface area contributed by atoms with Gasteiger partial charge >= 0.3 is 0 Å². The lowest BCUT2D eigenvalue weighted by molar-refractivity contribution is 0.357. The molecule has 0 aromatic carbocycles. The first-order valence-corrected chi connectivity index (χ1v) is 10.1. The summed E-state index contributed by atoms with van der Waals surface area (Å²) in [6.45, 7) is 9.67. The maximum atomic E-state index is 12.7. The van der Waals surface area contributed by atoms with Crippen LogP contribution in [0.1, 0.15) is 40.5 Å². The number of sulfonamides is 1. The van der Waals surface area contributed by atoms with E-state index >= 15 is 0 Å². The first-order valence-electron chi connectivity index (χ1n) is 6.98. The van der Waals surface area contributed by atoms with Crippen LogP contribution in [-0.2, 0) is 10.0 Å². The molecule has 0 aliphatic carbocycles. The van der Waals surface area contributed by atoms with Crippen LogP contribution in [0.2, 0.25) is 0 Å². The van der Waals surface area contributed by atoms with Gasteiger partial charge in [0.15, 0.2) is 0 Å². The van der Waals surface area contributed by atoms with Gasteiger partial charge in [0, 0.05) is 17.6 Å². The molecule has 0 aliphatic rings. The second-order valence-electron chi connectivity index (χ2n) is 5.83.